The molecule has 0 radical (unpaired) electrons. The van der Waals surface area contributed by atoms with Gasteiger partial charge in [-0.25, -0.2) is 28.2 Å². The van der Waals surface area contributed by atoms with Gasteiger partial charge in [0.15, 0.2) is 5.69 Å². The normalized spacial score (nSPS) is 26.3. The molecule has 282 valence electrons. The summed E-state index contributed by atoms with van der Waals surface area (Å²) in [5.41, 5.74) is 0.815. The molecule has 4 heterocycles. The second kappa shape index (κ2) is 14.2. The largest absolute Gasteiger partial charge is 0.471 e. The first-order valence-corrected chi connectivity index (χ1v) is 20.5. The lowest BCUT2D eigenvalue weighted by atomic mass is 10.1. The first kappa shape index (κ1) is 35.8. The molecule has 15 nitrogen and oxygen atoms in total. The molecule has 54 heavy (non-hydrogen) atoms. The summed E-state index contributed by atoms with van der Waals surface area (Å²) in [5.74, 6) is -2.40. The Morgan fingerprint density at radius 2 is 1.70 bits per heavy atom. The Hall–Kier alpha value is -5.16. The summed E-state index contributed by atoms with van der Waals surface area (Å²) in [6.07, 6.45) is 5.57. The van der Waals surface area contributed by atoms with Crippen molar-refractivity contribution in [3.63, 3.8) is 0 Å². The van der Waals surface area contributed by atoms with Gasteiger partial charge in [-0.2, -0.15) is 0 Å². The fraction of sp³-hybridized carbons (Fsp3) is 0.432. The number of hydrogen-bond acceptors (Lipinski definition) is 11. The first-order chi connectivity index (χ1) is 26.0. The Kier molecular flexibility index (Phi) is 9.46. The highest BCUT2D eigenvalue weighted by atomic mass is 32.2. The summed E-state index contributed by atoms with van der Waals surface area (Å²) < 4.78 is 35.3. The van der Waals surface area contributed by atoms with Crippen LogP contribution >= 0.6 is 11.3 Å². The van der Waals surface area contributed by atoms with E-state index in [2.05, 4.69) is 15.4 Å². The van der Waals surface area contributed by atoms with Crippen molar-refractivity contribution in [1.82, 2.24) is 35.2 Å². The van der Waals surface area contributed by atoms with Crippen LogP contribution in [0.4, 0.5) is 4.79 Å². The lowest BCUT2D eigenvalue weighted by Crippen LogP contribution is -2.58. The summed E-state index contributed by atoms with van der Waals surface area (Å²) in [6, 6.07) is 12.6. The Labute approximate surface area is 314 Å². The molecule has 8 rings (SSSR count). The number of carboxylic acid groups (broad SMARTS) is 1. The molecule has 5 atom stereocenters. The summed E-state index contributed by atoms with van der Waals surface area (Å²) in [5, 5.41) is 14.8. The number of allylic oxidation sites excluding steroid dienone is 1. The quantitative estimate of drug-likeness (QED) is 0.198. The first-order valence-electron chi connectivity index (χ1n) is 18.1. The van der Waals surface area contributed by atoms with E-state index in [1.54, 1.807) is 6.07 Å². The zero-order chi connectivity index (χ0) is 37.6. The van der Waals surface area contributed by atoms with Crippen molar-refractivity contribution in [2.24, 2.45) is 5.92 Å². The van der Waals surface area contributed by atoms with Crippen molar-refractivity contribution in [3.8, 4) is 16.6 Å². The smallest absolute Gasteiger partial charge is 0.405 e. The Bertz CT molecular complexity index is 2260. The topological polar surface area (TPSA) is 210 Å². The number of nitrogens with zero attached hydrogens (tertiary/aromatic N) is 4. The highest BCUT2D eigenvalue weighted by molar-refractivity contribution is 7.91. The molecule has 0 unspecified atom stereocenters. The van der Waals surface area contributed by atoms with E-state index in [0.717, 1.165) is 16.6 Å². The molecule has 1 saturated heterocycles. The molecule has 3 fully saturated rings. The van der Waals surface area contributed by atoms with E-state index in [1.807, 2.05) is 54.6 Å². The number of carbonyl (C=O) groups excluding carboxylic acids is 3. The van der Waals surface area contributed by atoms with Crippen molar-refractivity contribution in [1.29, 1.82) is 0 Å². The van der Waals surface area contributed by atoms with Crippen LogP contribution in [0, 0.1) is 5.92 Å². The third-order valence-electron chi connectivity index (χ3n) is 10.5. The minimum absolute atomic E-state index is 0.0241. The van der Waals surface area contributed by atoms with E-state index in [-0.39, 0.29) is 31.7 Å². The maximum absolute atomic E-state index is 14.3. The standard InChI is InChI=1S/C37H39N7O8S2/c45-31-28-18-22(52-32-30(38-24-11-6-7-12-25(24)39-32)33-40-26-13-8-9-15-29(26)53-33)20-44(28)34(46)27(41-36(48)49)14-5-3-1-2-4-10-21-19-37(21,42-31)35(47)43-54(50,51)23-16-17-23/h4,6-13,15,21-23,27-28,41H,1-3,5,14,16-20H2,(H,42,45)(H,43,47)(H,48,49)/t21-,22-,27+,28+,37-/m1/s1. The number of rotatable bonds is 7. The summed E-state index contributed by atoms with van der Waals surface area (Å²) in [6.45, 7) is -0.0961. The minimum atomic E-state index is -3.91. The van der Waals surface area contributed by atoms with E-state index in [0.29, 0.717) is 53.8 Å². The predicted octanol–water partition coefficient (Wildman–Crippen LogP) is 3.89. The van der Waals surface area contributed by atoms with E-state index >= 15 is 0 Å². The number of para-hydroxylation sites is 3. The maximum Gasteiger partial charge on any atom is 0.405 e. The third-order valence-corrected chi connectivity index (χ3v) is 13.3. The zero-order valence-corrected chi connectivity index (χ0v) is 30.8. The monoisotopic (exact) mass is 773 g/mol. The molecule has 17 heteroatoms. The molecule has 4 aromatic rings. The number of nitrogens with one attached hydrogen (secondary N) is 3. The van der Waals surface area contributed by atoms with Crippen LogP contribution in [0.5, 0.6) is 5.88 Å². The molecular weight excluding hydrogens is 735 g/mol. The van der Waals surface area contributed by atoms with E-state index in [4.69, 9.17) is 19.7 Å². The molecule has 4 amide bonds. The van der Waals surface area contributed by atoms with Crippen LogP contribution < -0.4 is 20.1 Å². The summed E-state index contributed by atoms with van der Waals surface area (Å²) >= 11 is 1.42. The number of benzene rings is 2. The van der Waals surface area contributed by atoms with Gasteiger partial charge in [-0.05, 0) is 62.8 Å². The van der Waals surface area contributed by atoms with Gasteiger partial charge in [0.2, 0.25) is 27.7 Å². The molecule has 2 aliphatic carbocycles. The molecule has 0 bridgehead atoms. The molecule has 2 aromatic heterocycles. The van der Waals surface area contributed by atoms with Gasteiger partial charge >= 0.3 is 6.09 Å². The molecular formula is C37H39N7O8S2. The zero-order valence-electron chi connectivity index (χ0n) is 29.1. The van der Waals surface area contributed by atoms with Crippen LogP contribution in [0.25, 0.3) is 32.0 Å². The van der Waals surface area contributed by atoms with Crippen molar-refractivity contribution < 1.29 is 37.4 Å². The van der Waals surface area contributed by atoms with Crippen LogP contribution in [0.15, 0.2) is 60.7 Å². The van der Waals surface area contributed by atoms with Gasteiger partial charge in [0.25, 0.3) is 5.91 Å². The van der Waals surface area contributed by atoms with E-state index in [9.17, 15) is 32.7 Å². The van der Waals surface area contributed by atoms with Crippen molar-refractivity contribution in [3.05, 3.63) is 60.7 Å². The molecule has 0 spiro atoms. The number of thiazole rings is 1. The minimum Gasteiger partial charge on any atom is -0.471 e. The second-order valence-corrected chi connectivity index (χ2v) is 17.3. The lowest BCUT2D eigenvalue weighted by Gasteiger charge is -2.29. The fourth-order valence-electron chi connectivity index (χ4n) is 7.33. The number of sulfonamides is 1. The number of amides is 4. The second-order valence-electron chi connectivity index (χ2n) is 14.3. The Morgan fingerprint density at radius 3 is 2.44 bits per heavy atom. The van der Waals surface area contributed by atoms with Gasteiger partial charge in [0.1, 0.15) is 28.7 Å². The number of hydrogen-bond donors (Lipinski definition) is 4. The van der Waals surface area contributed by atoms with E-state index < -0.39 is 68.7 Å². The summed E-state index contributed by atoms with van der Waals surface area (Å²) in [4.78, 5) is 69.9. The average molecular weight is 774 g/mol. The van der Waals surface area contributed by atoms with E-state index in [1.165, 1.54) is 16.2 Å². The summed E-state index contributed by atoms with van der Waals surface area (Å²) in [7, 11) is -3.91. The number of carbonyl (C=O) groups is 4. The van der Waals surface area contributed by atoms with Crippen LogP contribution in [-0.4, -0.2) is 92.7 Å². The highest BCUT2D eigenvalue weighted by Crippen LogP contribution is 2.46. The van der Waals surface area contributed by atoms with Crippen LogP contribution in [0.2, 0.25) is 0 Å². The fourth-order valence-corrected chi connectivity index (χ4v) is 9.64. The third kappa shape index (κ3) is 7.21. The molecule has 2 saturated carbocycles. The molecule has 2 aliphatic heterocycles. The number of aromatic nitrogens is 3. The van der Waals surface area contributed by atoms with Crippen molar-refractivity contribution in [2.45, 2.75) is 86.8 Å². The van der Waals surface area contributed by atoms with Gasteiger partial charge < -0.3 is 25.4 Å². The van der Waals surface area contributed by atoms with Gasteiger partial charge in [0.05, 0.1) is 33.0 Å². The SMILES string of the molecule is O=C(O)N[C@H]1CCCCCC=C[C@@H]2C[C@@]2(C(=O)NS(=O)(=O)C2CC2)NC(=O)[C@@H]2C[C@@H](Oc3nc4ccccc4nc3-c3nc4ccccc4s3)CN2C1=O. The van der Waals surface area contributed by atoms with Crippen molar-refractivity contribution >= 4 is 66.4 Å². The molecule has 4 aliphatic rings. The maximum atomic E-state index is 14.3. The number of fused-ring (bicyclic) bond motifs is 4. The van der Waals surface area contributed by atoms with Crippen LogP contribution in [-0.2, 0) is 24.4 Å². The van der Waals surface area contributed by atoms with Gasteiger partial charge in [0, 0.05) is 12.3 Å². The van der Waals surface area contributed by atoms with Crippen LogP contribution in [0.3, 0.4) is 0 Å². The highest BCUT2D eigenvalue weighted by Gasteiger charge is 2.62. The van der Waals surface area contributed by atoms with Gasteiger partial charge in [-0.15, -0.1) is 11.3 Å². The lowest BCUT2D eigenvalue weighted by molar-refractivity contribution is -0.141. The van der Waals surface area contributed by atoms with Crippen molar-refractivity contribution in [2.75, 3.05) is 6.54 Å². The Morgan fingerprint density at radius 1 is 0.963 bits per heavy atom. The molecule has 4 N–H and O–H groups in total. The molecule has 2 aromatic carbocycles. The van der Waals surface area contributed by atoms with Crippen LogP contribution in [0.1, 0.15) is 57.8 Å². The number of ether oxygens (including phenoxy) is 1. The average Bonchev–Trinajstić information content (AvgIpc) is 4.03. The van der Waals surface area contributed by atoms with Gasteiger partial charge in [-0.1, -0.05) is 49.3 Å². The predicted molar refractivity (Wildman–Crippen MR) is 199 cm³/mol. The van der Waals surface area contributed by atoms with Gasteiger partial charge in [-0.3, -0.25) is 19.1 Å². The Balaban J connectivity index is 1.13.